The van der Waals surface area contributed by atoms with Gasteiger partial charge in [-0.05, 0) is 43.2 Å². The van der Waals surface area contributed by atoms with Gasteiger partial charge in [0.2, 0.25) is 5.91 Å². The molecule has 27 heavy (non-hydrogen) atoms. The molecule has 3 rings (SSSR count). The lowest BCUT2D eigenvalue weighted by molar-refractivity contribution is -0.130. The predicted octanol–water partition coefficient (Wildman–Crippen LogP) is 0.0841. The summed E-state index contributed by atoms with van der Waals surface area (Å²) in [5.74, 6) is 1.55. The van der Waals surface area contributed by atoms with Crippen LogP contribution in [0.25, 0.3) is 0 Å². The minimum absolute atomic E-state index is 0.158. The predicted molar refractivity (Wildman–Crippen MR) is 101 cm³/mol. The summed E-state index contributed by atoms with van der Waals surface area (Å²) in [7, 11) is 1.91. The summed E-state index contributed by atoms with van der Waals surface area (Å²) in [4.78, 5) is 19.2. The molecule has 2 fully saturated rings. The Bertz CT molecular complexity index is 600. The maximum absolute atomic E-state index is 12.5. The first-order valence-corrected chi connectivity index (χ1v) is 10.1. The summed E-state index contributed by atoms with van der Waals surface area (Å²) in [6, 6.07) is 0.584. The van der Waals surface area contributed by atoms with E-state index in [1.165, 1.54) is 6.42 Å². The van der Waals surface area contributed by atoms with Gasteiger partial charge in [-0.2, -0.15) is 0 Å². The van der Waals surface area contributed by atoms with Crippen molar-refractivity contribution in [3.8, 4) is 0 Å². The molecule has 1 aromatic heterocycles. The highest BCUT2D eigenvalue weighted by molar-refractivity contribution is 5.75. The number of rotatable bonds is 8. The molecule has 0 aliphatic carbocycles. The zero-order chi connectivity index (χ0) is 19.2. The zero-order valence-electron chi connectivity index (χ0n) is 16.9. The highest BCUT2D eigenvalue weighted by Gasteiger charge is 2.26. The number of ether oxygens (including phenoxy) is 1. The molecule has 2 aliphatic heterocycles. The smallest absolute Gasteiger partial charge is 0.224 e. The Morgan fingerprint density at radius 1 is 1.30 bits per heavy atom. The Labute approximate surface area is 161 Å². The van der Waals surface area contributed by atoms with Gasteiger partial charge in [0.1, 0.15) is 0 Å². The third kappa shape index (κ3) is 5.70. The molecule has 0 saturated carbocycles. The van der Waals surface area contributed by atoms with Gasteiger partial charge in [-0.3, -0.25) is 9.69 Å². The van der Waals surface area contributed by atoms with Crippen LogP contribution in [0, 0.1) is 5.92 Å². The quantitative estimate of drug-likeness (QED) is 0.633. The molecule has 3 heterocycles. The highest BCUT2D eigenvalue weighted by Crippen LogP contribution is 2.19. The molecule has 0 N–H and O–H groups in total. The lowest BCUT2D eigenvalue weighted by atomic mass is 10.1. The monoisotopic (exact) mass is 379 g/mol. The van der Waals surface area contributed by atoms with Crippen LogP contribution in [0.15, 0.2) is 0 Å². The molecule has 2 saturated heterocycles. The number of aromatic nitrogens is 4. The molecule has 0 spiro atoms. The maximum Gasteiger partial charge on any atom is 0.224 e. The first-order chi connectivity index (χ1) is 13.0. The second-order valence-corrected chi connectivity index (χ2v) is 7.97. The van der Waals surface area contributed by atoms with Crippen LogP contribution in [0.1, 0.15) is 32.5 Å². The second kappa shape index (κ2) is 9.57. The minimum atomic E-state index is 0.158. The van der Waals surface area contributed by atoms with E-state index in [1.807, 2.05) is 11.9 Å². The van der Waals surface area contributed by atoms with Gasteiger partial charge in [0.25, 0.3) is 0 Å². The summed E-state index contributed by atoms with van der Waals surface area (Å²) in [5, 5.41) is 12.0. The van der Waals surface area contributed by atoms with Crippen molar-refractivity contribution < 1.29 is 9.53 Å². The van der Waals surface area contributed by atoms with Crippen molar-refractivity contribution >= 4 is 5.91 Å². The molecule has 0 radical (unpaired) electrons. The van der Waals surface area contributed by atoms with Crippen LogP contribution in [0.4, 0.5) is 0 Å². The molecule has 0 aromatic carbocycles. The molecular formula is C18H33N7O2. The molecule has 9 nitrogen and oxygen atoms in total. The summed E-state index contributed by atoms with van der Waals surface area (Å²) < 4.78 is 7.14. The molecule has 2 aliphatic rings. The Balaban J connectivity index is 1.43. The number of tetrazole rings is 1. The number of carbonyl (C=O) groups is 1. The van der Waals surface area contributed by atoms with Crippen LogP contribution in [-0.4, -0.2) is 99.8 Å². The molecule has 1 amide bonds. The number of morpholine rings is 1. The average Bonchev–Trinajstić information content (AvgIpc) is 3.30. The number of hydrogen-bond acceptors (Lipinski definition) is 7. The number of amides is 1. The lowest BCUT2D eigenvalue weighted by Gasteiger charge is -2.26. The Kier molecular flexibility index (Phi) is 7.14. The normalized spacial score (nSPS) is 21.9. The van der Waals surface area contributed by atoms with Gasteiger partial charge < -0.3 is 14.5 Å². The van der Waals surface area contributed by atoms with E-state index in [2.05, 4.69) is 39.2 Å². The van der Waals surface area contributed by atoms with E-state index in [-0.39, 0.29) is 5.91 Å². The van der Waals surface area contributed by atoms with Gasteiger partial charge in [-0.15, -0.1) is 5.10 Å². The standard InChI is InChI=1S/C18H33N7O2/c1-15(2)24-6-4-16(13-24)12-22(3)18(26)5-7-25-17(19-20-21-25)14-23-8-10-27-11-9-23/h15-16H,4-14H2,1-3H3. The van der Waals surface area contributed by atoms with Gasteiger partial charge in [-0.25, -0.2) is 4.68 Å². The van der Waals surface area contributed by atoms with Crippen LogP contribution in [0.2, 0.25) is 0 Å². The van der Waals surface area contributed by atoms with E-state index >= 15 is 0 Å². The van der Waals surface area contributed by atoms with Gasteiger partial charge in [0.15, 0.2) is 5.82 Å². The molecular weight excluding hydrogens is 346 g/mol. The minimum Gasteiger partial charge on any atom is -0.379 e. The number of aryl methyl sites for hydroxylation is 1. The fourth-order valence-corrected chi connectivity index (χ4v) is 3.83. The second-order valence-electron chi connectivity index (χ2n) is 7.97. The van der Waals surface area contributed by atoms with Crippen molar-refractivity contribution in [1.29, 1.82) is 0 Å². The number of hydrogen-bond donors (Lipinski definition) is 0. The highest BCUT2D eigenvalue weighted by atomic mass is 16.5. The lowest BCUT2D eigenvalue weighted by Crippen LogP contribution is -2.37. The van der Waals surface area contributed by atoms with Crippen molar-refractivity contribution in [2.45, 2.75) is 45.8 Å². The van der Waals surface area contributed by atoms with Crippen molar-refractivity contribution in [3.05, 3.63) is 5.82 Å². The topological polar surface area (TPSA) is 79.6 Å². The zero-order valence-corrected chi connectivity index (χ0v) is 16.9. The van der Waals surface area contributed by atoms with Crippen molar-refractivity contribution in [1.82, 2.24) is 34.9 Å². The number of carbonyl (C=O) groups excluding carboxylic acids is 1. The Hall–Kier alpha value is -1.58. The van der Waals surface area contributed by atoms with E-state index in [9.17, 15) is 4.79 Å². The largest absolute Gasteiger partial charge is 0.379 e. The Morgan fingerprint density at radius 3 is 2.78 bits per heavy atom. The van der Waals surface area contributed by atoms with Crippen LogP contribution in [-0.2, 0) is 22.6 Å². The van der Waals surface area contributed by atoms with E-state index in [0.717, 1.165) is 51.8 Å². The molecule has 1 aromatic rings. The summed E-state index contributed by atoms with van der Waals surface area (Å²) >= 11 is 0. The molecule has 1 atom stereocenters. The first kappa shape index (κ1) is 20.2. The van der Waals surface area contributed by atoms with Gasteiger partial charge >= 0.3 is 0 Å². The third-order valence-electron chi connectivity index (χ3n) is 5.62. The maximum atomic E-state index is 12.5. The number of nitrogens with zero attached hydrogens (tertiary/aromatic N) is 7. The van der Waals surface area contributed by atoms with Crippen LogP contribution < -0.4 is 0 Å². The SMILES string of the molecule is CC(C)N1CCC(CN(C)C(=O)CCn2nnnc2CN2CCOCC2)C1. The van der Waals surface area contributed by atoms with Crippen molar-refractivity contribution in [2.24, 2.45) is 5.92 Å². The first-order valence-electron chi connectivity index (χ1n) is 10.1. The number of likely N-dealkylation sites (tertiary alicyclic amines) is 1. The average molecular weight is 380 g/mol. The Morgan fingerprint density at radius 2 is 2.07 bits per heavy atom. The fraction of sp³-hybridized carbons (Fsp3) is 0.889. The van der Waals surface area contributed by atoms with Crippen LogP contribution in [0.5, 0.6) is 0 Å². The van der Waals surface area contributed by atoms with E-state index in [0.29, 0.717) is 31.5 Å². The molecule has 9 heteroatoms. The van der Waals surface area contributed by atoms with Crippen LogP contribution in [0.3, 0.4) is 0 Å². The van der Waals surface area contributed by atoms with Gasteiger partial charge in [-0.1, -0.05) is 0 Å². The summed E-state index contributed by atoms with van der Waals surface area (Å²) in [5.41, 5.74) is 0. The summed E-state index contributed by atoms with van der Waals surface area (Å²) in [6.45, 7) is 12.0. The van der Waals surface area contributed by atoms with Crippen molar-refractivity contribution in [2.75, 3.05) is 53.0 Å². The van der Waals surface area contributed by atoms with E-state index in [4.69, 9.17) is 4.74 Å². The van der Waals surface area contributed by atoms with Crippen LogP contribution >= 0.6 is 0 Å². The fourth-order valence-electron chi connectivity index (χ4n) is 3.83. The van der Waals surface area contributed by atoms with Gasteiger partial charge in [0.05, 0.1) is 26.3 Å². The molecule has 0 bridgehead atoms. The molecule has 152 valence electrons. The van der Waals surface area contributed by atoms with E-state index in [1.54, 1.807) is 4.68 Å². The van der Waals surface area contributed by atoms with Crippen molar-refractivity contribution in [3.63, 3.8) is 0 Å². The van der Waals surface area contributed by atoms with Gasteiger partial charge in [0, 0.05) is 45.7 Å². The summed E-state index contributed by atoms with van der Waals surface area (Å²) in [6.07, 6.45) is 1.60. The third-order valence-corrected chi connectivity index (χ3v) is 5.62. The van der Waals surface area contributed by atoms with E-state index < -0.39 is 0 Å². The molecule has 1 unspecified atom stereocenters.